The van der Waals surface area contributed by atoms with Gasteiger partial charge in [-0.2, -0.15) is 0 Å². The summed E-state index contributed by atoms with van der Waals surface area (Å²) in [6, 6.07) is 0. The van der Waals surface area contributed by atoms with Crippen molar-refractivity contribution in [1.29, 1.82) is 0 Å². The largest absolute Gasteiger partial charge is 0.391 e. The zero-order chi connectivity index (χ0) is 8.91. The first-order valence-electron chi connectivity index (χ1n) is 4.41. The van der Waals surface area contributed by atoms with Crippen LogP contribution in [-0.4, -0.2) is 43.4 Å². The zero-order valence-electron chi connectivity index (χ0n) is 8.30. The third-order valence-electron chi connectivity index (χ3n) is 2.02. The average Bonchev–Trinajstić information content (AvgIpc) is 1.84. The van der Waals surface area contributed by atoms with Gasteiger partial charge in [-0.15, -0.1) is 0 Å². The highest BCUT2D eigenvalue weighted by Crippen LogP contribution is 2.05. The van der Waals surface area contributed by atoms with E-state index in [0.29, 0.717) is 6.61 Å². The number of likely N-dealkylation sites (N-methyl/N-ethyl adjacent to an activating group) is 1. The van der Waals surface area contributed by atoms with Crippen LogP contribution in [0.4, 0.5) is 0 Å². The molecule has 0 atom stereocenters. The highest BCUT2D eigenvalue weighted by atomic mass is 16.3. The minimum absolute atomic E-state index is 0.297. The predicted molar refractivity (Wildman–Crippen MR) is 48.4 cm³/mol. The minimum Gasteiger partial charge on any atom is -0.391 e. The third-order valence-corrected chi connectivity index (χ3v) is 2.02. The number of rotatable bonds is 5. The molecule has 0 saturated carbocycles. The van der Waals surface area contributed by atoms with Gasteiger partial charge in [-0.3, -0.25) is 0 Å². The number of aliphatic hydroxyl groups excluding tert-OH is 1. The summed E-state index contributed by atoms with van der Waals surface area (Å²) in [5.74, 6) is 0.770. The molecule has 0 bridgehead atoms. The molecule has 0 aromatic carbocycles. The lowest BCUT2D eigenvalue weighted by molar-refractivity contribution is -0.891. The lowest BCUT2D eigenvalue weighted by Crippen LogP contribution is -2.43. The molecular formula is C9H22NO+. The fourth-order valence-corrected chi connectivity index (χ4v) is 0.990. The topological polar surface area (TPSA) is 20.2 Å². The molecule has 0 unspecified atom stereocenters. The first-order chi connectivity index (χ1) is 4.98. The summed E-state index contributed by atoms with van der Waals surface area (Å²) >= 11 is 0. The van der Waals surface area contributed by atoms with E-state index in [4.69, 9.17) is 5.11 Å². The van der Waals surface area contributed by atoms with Crippen molar-refractivity contribution < 1.29 is 9.59 Å². The Morgan fingerprint density at radius 3 is 2.09 bits per heavy atom. The molecule has 0 aliphatic carbocycles. The van der Waals surface area contributed by atoms with Crippen LogP contribution in [0.5, 0.6) is 0 Å². The van der Waals surface area contributed by atoms with Crippen molar-refractivity contribution in [3.8, 4) is 0 Å². The summed E-state index contributed by atoms with van der Waals surface area (Å²) in [4.78, 5) is 0. The van der Waals surface area contributed by atoms with Crippen molar-refractivity contribution >= 4 is 0 Å². The normalized spacial score (nSPS) is 12.5. The molecule has 0 radical (unpaired) electrons. The summed E-state index contributed by atoms with van der Waals surface area (Å²) in [6.45, 7) is 6.80. The SMILES string of the molecule is CC(C)CC[N+](C)(C)CCO. The Balaban J connectivity index is 3.54. The molecule has 0 spiro atoms. The van der Waals surface area contributed by atoms with E-state index in [1.54, 1.807) is 0 Å². The fourth-order valence-electron chi connectivity index (χ4n) is 0.990. The van der Waals surface area contributed by atoms with Gasteiger partial charge in [-0.1, -0.05) is 13.8 Å². The van der Waals surface area contributed by atoms with Gasteiger partial charge >= 0.3 is 0 Å². The van der Waals surface area contributed by atoms with E-state index in [0.717, 1.165) is 23.5 Å². The zero-order valence-corrected chi connectivity index (χ0v) is 8.30. The van der Waals surface area contributed by atoms with Gasteiger partial charge < -0.3 is 9.59 Å². The van der Waals surface area contributed by atoms with Crippen molar-refractivity contribution in [3.05, 3.63) is 0 Å². The van der Waals surface area contributed by atoms with Crippen LogP contribution in [0.25, 0.3) is 0 Å². The number of hydrogen-bond acceptors (Lipinski definition) is 1. The highest BCUT2D eigenvalue weighted by Gasteiger charge is 2.13. The molecule has 0 fully saturated rings. The fraction of sp³-hybridized carbons (Fsp3) is 1.00. The number of quaternary nitrogens is 1. The monoisotopic (exact) mass is 160 g/mol. The second kappa shape index (κ2) is 4.73. The summed E-state index contributed by atoms with van der Waals surface area (Å²) in [7, 11) is 4.33. The highest BCUT2D eigenvalue weighted by molar-refractivity contribution is 4.43. The van der Waals surface area contributed by atoms with Crippen LogP contribution in [0.1, 0.15) is 20.3 Å². The summed E-state index contributed by atoms with van der Waals surface area (Å²) in [6.07, 6.45) is 1.24. The van der Waals surface area contributed by atoms with E-state index in [1.807, 2.05) is 0 Å². The Kier molecular flexibility index (Phi) is 4.69. The first-order valence-corrected chi connectivity index (χ1v) is 4.41. The molecule has 0 aromatic heterocycles. The lowest BCUT2D eigenvalue weighted by atomic mass is 10.1. The third kappa shape index (κ3) is 6.32. The van der Waals surface area contributed by atoms with Crippen LogP contribution in [0.2, 0.25) is 0 Å². The summed E-state index contributed by atoms with van der Waals surface area (Å²) < 4.78 is 0.939. The smallest absolute Gasteiger partial charge is 0.102 e. The van der Waals surface area contributed by atoms with Crippen molar-refractivity contribution in [2.24, 2.45) is 5.92 Å². The van der Waals surface area contributed by atoms with Gasteiger partial charge in [-0.25, -0.2) is 0 Å². The van der Waals surface area contributed by atoms with E-state index >= 15 is 0 Å². The lowest BCUT2D eigenvalue weighted by Gasteiger charge is -2.29. The molecule has 0 saturated heterocycles. The summed E-state index contributed by atoms with van der Waals surface area (Å²) in [5, 5.41) is 8.75. The molecular weight excluding hydrogens is 138 g/mol. The molecule has 0 rings (SSSR count). The van der Waals surface area contributed by atoms with Crippen LogP contribution >= 0.6 is 0 Å². The van der Waals surface area contributed by atoms with E-state index in [-0.39, 0.29) is 0 Å². The van der Waals surface area contributed by atoms with Gasteiger partial charge in [0.25, 0.3) is 0 Å². The van der Waals surface area contributed by atoms with Crippen molar-refractivity contribution in [2.45, 2.75) is 20.3 Å². The van der Waals surface area contributed by atoms with Gasteiger partial charge in [-0.05, 0) is 12.3 Å². The number of hydrogen-bond donors (Lipinski definition) is 1. The van der Waals surface area contributed by atoms with Gasteiger partial charge in [0, 0.05) is 0 Å². The quantitative estimate of drug-likeness (QED) is 0.597. The molecule has 2 heteroatoms. The first kappa shape index (κ1) is 10.9. The Hall–Kier alpha value is -0.0800. The van der Waals surface area contributed by atoms with Gasteiger partial charge in [0.05, 0.1) is 27.2 Å². The molecule has 11 heavy (non-hydrogen) atoms. The predicted octanol–water partition coefficient (Wildman–Crippen LogP) is 1.10. The maximum Gasteiger partial charge on any atom is 0.102 e. The Morgan fingerprint density at radius 2 is 1.73 bits per heavy atom. The van der Waals surface area contributed by atoms with E-state index in [1.165, 1.54) is 6.42 Å². The Morgan fingerprint density at radius 1 is 1.18 bits per heavy atom. The number of nitrogens with zero attached hydrogens (tertiary/aromatic N) is 1. The molecule has 0 aromatic rings. The van der Waals surface area contributed by atoms with Crippen LogP contribution in [-0.2, 0) is 0 Å². The van der Waals surface area contributed by atoms with Crippen LogP contribution in [0, 0.1) is 5.92 Å². The Labute approximate surface area is 70.4 Å². The molecule has 0 amide bonds. The van der Waals surface area contributed by atoms with Crippen LogP contribution in [0.15, 0.2) is 0 Å². The van der Waals surface area contributed by atoms with Crippen molar-refractivity contribution in [1.82, 2.24) is 0 Å². The maximum absolute atomic E-state index is 8.75. The molecule has 68 valence electrons. The van der Waals surface area contributed by atoms with Crippen molar-refractivity contribution in [2.75, 3.05) is 33.8 Å². The van der Waals surface area contributed by atoms with Crippen LogP contribution < -0.4 is 0 Å². The Bertz CT molecular complexity index is 99.7. The van der Waals surface area contributed by atoms with Gasteiger partial charge in [0.2, 0.25) is 0 Å². The van der Waals surface area contributed by atoms with Gasteiger partial charge in [0.1, 0.15) is 6.54 Å². The standard InChI is InChI=1S/C9H22NO/c1-9(2)5-6-10(3,4)7-8-11/h9,11H,5-8H2,1-4H3/q+1. The van der Waals surface area contributed by atoms with Crippen molar-refractivity contribution in [3.63, 3.8) is 0 Å². The summed E-state index contributed by atoms with van der Waals surface area (Å²) in [5.41, 5.74) is 0. The van der Waals surface area contributed by atoms with E-state index in [2.05, 4.69) is 27.9 Å². The molecule has 0 aliphatic rings. The molecule has 0 heterocycles. The maximum atomic E-state index is 8.75. The second-order valence-electron chi connectivity index (χ2n) is 4.29. The van der Waals surface area contributed by atoms with Gasteiger partial charge in [0.15, 0.2) is 0 Å². The second-order valence-corrected chi connectivity index (χ2v) is 4.29. The molecule has 1 N–H and O–H groups in total. The van der Waals surface area contributed by atoms with E-state index < -0.39 is 0 Å². The molecule has 2 nitrogen and oxygen atoms in total. The average molecular weight is 160 g/mol. The minimum atomic E-state index is 0.297. The molecule has 0 aliphatic heterocycles. The number of aliphatic hydroxyl groups is 1. The van der Waals surface area contributed by atoms with E-state index in [9.17, 15) is 0 Å². The van der Waals surface area contributed by atoms with Crippen LogP contribution in [0.3, 0.4) is 0 Å².